The molecule has 0 aliphatic carbocycles. The van der Waals surface area contributed by atoms with Gasteiger partial charge in [-0.1, -0.05) is 18.2 Å². The number of carboxylic acid groups (broad SMARTS) is 1. The number of aromatic carboxylic acids is 1. The number of nitrogens with zero attached hydrogens (tertiary/aromatic N) is 2. The molecule has 0 bridgehead atoms. The SMILES string of the molecule is CC1CCc2ccccc2N1c1cnccc1C(=O)O. The third-order valence-electron chi connectivity index (χ3n) is 3.81. The summed E-state index contributed by atoms with van der Waals surface area (Å²) in [5, 5.41) is 9.38. The van der Waals surface area contributed by atoms with E-state index in [1.165, 1.54) is 11.8 Å². The van der Waals surface area contributed by atoms with E-state index in [4.69, 9.17) is 0 Å². The molecular formula is C16H16N2O2. The Labute approximate surface area is 117 Å². The molecule has 1 unspecified atom stereocenters. The van der Waals surface area contributed by atoms with Crippen molar-refractivity contribution >= 4 is 17.3 Å². The van der Waals surface area contributed by atoms with E-state index in [9.17, 15) is 9.90 Å². The number of carbonyl (C=O) groups is 1. The number of aromatic nitrogens is 1. The highest BCUT2D eigenvalue weighted by atomic mass is 16.4. The fraction of sp³-hybridized carbons (Fsp3) is 0.250. The summed E-state index contributed by atoms with van der Waals surface area (Å²) >= 11 is 0. The van der Waals surface area contributed by atoms with Crippen LogP contribution in [0.2, 0.25) is 0 Å². The van der Waals surface area contributed by atoms with Gasteiger partial charge in [0.05, 0.1) is 17.4 Å². The summed E-state index contributed by atoms with van der Waals surface area (Å²) < 4.78 is 0. The number of para-hydroxylation sites is 1. The average molecular weight is 268 g/mol. The maximum atomic E-state index is 11.4. The van der Waals surface area contributed by atoms with Crippen LogP contribution < -0.4 is 4.90 Å². The van der Waals surface area contributed by atoms with Crippen LogP contribution in [0.3, 0.4) is 0 Å². The van der Waals surface area contributed by atoms with Gasteiger partial charge in [0.15, 0.2) is 0 Å². The summed E-state index contributed by atoms with van der Waals surface area (Å²) in [4.78, 5) is 17.6. The number of benzene rings is 1. The fourth-order valence-electron chi connectivity index (χ4n) is 2.81. The minimum absolute atomic E-state index is 0.257. The van der Waals surface area contributed by atoms with Gasteiger partial charge in [0.2, 0.25) is 0 Å². The lowest BCUT2D eigenvalue weighted by Gasteiger charge is -2.37. The number of hydrogen-bond donors (Lipinski definition) is 1. The Balaban J connectivity index is 2.17. The van der Waals surface area contributed by atoms with Crippen LogP contribution in [0.5, 0.6) is 0 Å². The van der Waals surface area contributed by atoms with Crippen molar-refractivity contribution in [2.75, 3.05) is 4.90 Å². The van der Waals surface area contributed by atoms with Crippen LogP contribution >= 0.6 is 0 Å². The Bertz CT molecular complexity index is 654. The molecule has 1 N–H and O–H groups in total. The first kappa shape index (κ1) is 12.7. The second-order valence-electron chi connectivity index (χ2n) is 5.08. The van der Waals surface area contributed by atoms with Gasteiger partial charge in [0.1, 0.15) is 0 Å². The summed E-state index contributed by atoms with van der Waals surface area (Å²) in [6.07, 6.45) is 5.19. The van der Waals surface area contributed by atoms with Gasteiger partial charge in [-0.3, -0.25) is 4.98 Å². The molecule has 0 radical (unpaired) electrons. The van der Waals surface area contributed by atoms with Gasteiger partial charge >= 0.3 is 5.97 Å². The number of pyridine rings is 1. The number of aryl methyl sites for hydroxylation is 1. The van der Waals surface area contributed by atoms with Gasteiger partial charge in [0.25, 0.3) is 0 Å². The highest BCUT2D eigenvalue weighted by Gasteiger charge is 2.27. The number of carboxylic acids is 1. The fourth-order valence-corrected chi connectivity index (χ4v) is 2.81. The molecular weight excluding hydrogens is 252 g/mol. The minimum atomic E-state index is -0.919. The predicted octanol–water partition coefficient (Wildman–Crippen LogP) is 3.25. The monoisotopic (exact) mass is 268 g/mol. The van der Waals surface area contributed by atoms with E-state index in [0.717, 1.165) is 18.5 Å². The van der Waals surface area contributed by atoms with E-state index in [0.29, 0.717) is 11.3 Å². The first-order valence-electron chi connectivity index (χ1n) is 6.73. The molecule has 2 heterocycles. The molecule has 0 saturated heterocycles. The number of hydrogen-bond acceptors (Lipinski definition) is 3. The highest BCUT2D eigenvalue weighted by Crippen LogP contribution is 2.37. The Hall–Kier alpha value is -2.36. The first-order chi connectivity index (χ1) is 9.68. The Kier molecular flexibility index (Phi) is 3.14. The number of anilines is 2. The van der Waals surface area contributed by atoms with Crippen molar-refractivity contribution in [1.82, 2.24) is 4.98 Å². The molecule has 0 fully saturated rings. The van der Waals surface area contributed by atoms with Gasteiger partial charge < -0.3 is 10.0 Å². The van der Waals surface area contributed by atoms with Crippen LogP contribution in [0.25, 0.3) is 0 Å². The Morgan fingerprint density at radius 2 is 2.10 bits per heavy atom. The van der Waals surface area contributed by atoms with E-state index in [1.54, 1.807) is 12.3 Å². The van der Waals surface area contributed by atoms with Crippen LogP contribution in [-0.4, -0.2) is 22.1 Å². The normalized spacial score (nSPS) is 17.6. The second-order valence-corrected chi connectivity index (χ2v) is 5.08. The maximum absolute atomic E-state index is 11.4. The van der Waals surface area contributed by atoms with Crippen LogP contribution in [-0.2, 0) is 6.42 Å². The lowest BCUT2D eigenvalue weighted by atomic mass is 9.95. The summed E-state index contributed by atoms with van der Waals surface area (Å²) in [6.45, 7) is 2.12. The third kappa shape index (κ3) is 2.03. The molecule has 1 aromatic carbocycles. The van der Waals surface area contributed by atoms with Crippen LogP contribution in [0.15, 0.2) is 42.7 Å². The standard InChI is InChI=1S/C16H16N2O2/c1-11-6-7-12-4-2-3-5-14(12)18(11)15-10-17-9-8-13(15)16(19)20/h2-5,8-11H,6-7H2,1H3,(H,19,20). The Morgan fingerprint density at radius 3 is 2.90 bits per heavy atom. The molecule has 1 aromatic heterocycles. The average Bonchev–Trinajstić information content (AvgIpc) is 2.47. The highest BCUT2D eigenvalue weighted by molar-refractivity contribution is 5.95. The summed E-state index contributed by atoms with van der Waals surface area (Å²) in [5.41, 5.74) is 3.30. The lowest BCUT2D eigenvalue weighted by molar-refractivity contribution is 0.0697. The zero-order valence-electron chi connectivity index (χ0n) is 11.3. The molecule has 20 heavy (non-hydrogen) atoms. The molecule has 0 spiro atoms. The molecule has 0 amide bonds. The van der Waals surface area contributed by atoms with Crippen molar-refractivity contribution in [3.05, 3.63) is 53.9 Å². The summed E-state index contributed by atoms with van der Waals surface area (Å²) in [7, 11) is 0. The number of rotatable bonds is 2. The van der Waals surface area contributed by atoms with Gasteiger partial charge in [0, 0.05) is 17.9 Å². The molecule has 2 aromatic rings. The zero-order valence-corrected chi connectivity index (χ0v) is 11.3. The largest absolute Gasteiger partial charge is 0.478 e. The van der Waals surface area contributed by atoms with Gasteiger partial charge in [-0.2, -0.15) is 0 Å². The molecule has 1 atom stereocenters. The second kappa shape index (κ2) is 4.96. The number of fused-ring (bicyclic) bond motifs is 1. The van der Waals surface area contributed by atoms with Gasteiger partial charge in [-0.15, -0.1) is 0 Å². The maximum Gasteiger partial charge on any atom is 0.337 e. The van der Waals surface area contributed by atoms with Crippen LogP contribution in [0.1, 0.15) is 29.3 Å². The first-order valence-corrected chi connectivity index (χ1v) is 6.73. The molecule has 0 saturated carbocycles. The lowest BCUT2D eigenvalue weighted by Crippen LogP contribution is -2.34. The summed E-state index contributed by atoms with van der Waals surface area (Å²) in [6, 6.07) is 9.97. The summed E-state index contributed by atoms with van der Waals surface area (Å²) in [5.74, 6) is -0.919. The molecule has 1 aliphatic rings. The topological polar surface area (TPSA) is 53.4 Å². The van der Waals surface area contributed by atoms with Crippen molar-refractivity contribution in [3.8, 4) is 0 Å². The quantitative estimate of drug-likeness (QED) is 0.908. The predicted molar refractivity (Wildman–Crippen MR) is 77.6 cm³/mol. The molecule has 4 heteroatoms. The van der Waals surface area contributed by atoms with E-state index in [2.05, 4.69) is 22.9 Å². The van der Waals surface area contributed by atoms with Gasteiger partial charge in [-0.05, 0) is 37.5 Å². The van der Waals surface area contributed by atoms with Crippen molar-refractivity contribution in [3.63, 3.8) is 0 Å². The molecule has 1 aliphatic heterocycles. The zero-order chi connectivity index (χ0) is 14.1. The van der Waals surface area contributed by atoms with Crippen molar-refractivity contribution < 1.29 is 9.90 Å². The molecule has 3 rings (SSSR count). The third-order valence-corrected chi connectivity index (χ3v) is 3.81. The van der Waals surface area contributed by atoms with E-state index in [-0.39, 0.29) is 6.04 Å². The minimum Gasteiger partial charge on any atom is -0.478 e. The van der Waals surface area contributed by atoms with E-state index >= 15 is 0 Å². The van der Waals surface area contributed by atoms with Crippen LogP contribution in [0, 0.1) is 0 Å². The van der Waals surface area contributed by atoms with Crippen LogP contribution in [0.4, 0.5) is 11.4 Å². The van der Waals surface area contributed by atoms with Gasteiger partial charge in [-0.25, -0.2) is 4.79 Å². The molecule has 4 nitrogen and oxygen atoms in total. The smallest absolute Gasteiger partial charge is 0.337 e. The van der Waals surface area contributed by atoms with E-state index < -0.39 is 5.97 Å². The van der Waals surface area contributed by atoms with Crippen molar-refractivity contribution in [2.45, 2.75) is 25.8 Å². The van der Waals surface area contributed by atoms with E-state index in [1.807, 2.05) is 18.2 Å². The van der Waals surface area contributed by atoms with Crippen molar-refractivity contribution in [2.24, 2.45) is 0 Å². The van der Waals surface area contributed by atoms with Crippen molar-refractivity contribution in [1.29, 1.82) is 0 Å². The Morgan fingerprint density at radius 1 is 1.30 bits per heavy atom. The molecule has 102 valence electrons.